The van der Waals surface area contributed by atoms with Crippen molar-refractivity contribution in [1.82, 2.24) is 4.98 Å². The first-order chi connectivity index (χ1) is 16.8. The SMILES string of the molecule is Cc1nc2cc([C@@H]3C[C@H]4O[C@@]4(F)CCO[C@@H](C)[C@@H](O)[C@@H](C)C(=O)C(C)(C)[C@@H](O)CC(=O)O3)ccc2o1. The number of ether oxygens (including phenoxy) is 3. The highest BCUT2D eigenvalue weighted by Crippen LogP contribution is 2.47. The molecule has 1 aromatic heterocycles. The van der Waals surface area contributed by atoms with Gasteiger partial charge in [0.05, 0.1) is 36.8 Å². The molecule has 9 nitrogen and oxygen atoms in total. The first-order valence-corrected chi connectivity index (χ1v) is 12.3. The molecule has 7 atom stereocenters. The van der Waals surface area contributed by atoms with Crippen molar-refractivity contribution in [2.45, 2.75) is 90.3 Å². The molecule has 198 valence electrons. The Hall–Kier alpha value is -2.40. The topological polar surface area (TPSA) is 132 Å². The summed E-state index contributed by atoms with van der Waals surface area (Å²) in [5.41, 5.74) is 0.375. The highest BCUT2D eigenvalue weighted by atomic mass is 19.2. The zero-order valence-electron chi connectivity index (χ0n) is 21.2. The number of fused-ring (bicyclic) bond motifs is 2. The highest BCUT2D eigenvalue weighted by molar-refractivity contribution is 5.88. The summed E-state index contributed by atoms with van der Waals surface area (Å²) >= 11 is 0. The fraction of sp³-hybridized carbons (Fsp3) is 0.654. The van der Waals surface area contributed by atoms with Gasteiger partial charge in [0.2, 0.25) is 5.85 Å². The lowest BCUT2D eigenvalue weighted by atomic mass is 9.74. The number of aliphatic hydroxyl groups is 2. The van der Waals surface area contributed by atoms with Crippen molar-refractivity contribution in [3.63, 3.8) is 0 Å². The van der Waals surface area contributed by atoms with E-state index < -0.39 is 65.9 Å². The van der Waals surface area contributed by atoms with Crippen molar-refractivity contribution in [1.29, 1.82) is 0 Å². The number of oxazole rings is 1. The quantitative estimate of drug-likeness (QED) is 0.441. The van der Waals surface area contributed by atoms with Crippen molar-refractivity contribution < 1.29 is 42.8 Å². The summed E-state index contributed by atoms with van der Waals surface area (Å²) in [6.45, 7) is 7.88. The fourth-order valence-corrected chi connectivity index (χ4v) is 4.77. The van der Waals surface area contributed by atoms with Crippen molar-refractivity contribution in [3.05, 3.63) is 29.7 Å². The second-order valence-electron chi connectivity index (χ2n) is 10.5. The third kappa shape index (κ3) is 5.32. The second-order valence-corrected chi connectivity index (χ2v) is 10.5. The Morgan fingerprint density at radius 1 is 1.17 bits per heavy atom. The molecule has 1 aromatic carbocycles. The van der Waals surface area contributed by atoms with Crippen LogP contribution >= 0.6 is 0 Å². The van der Waals surface area contributed by atoms with Crippen LogP contribution in [0.1, 0.15) is 64.5 Å². The number of carbonyl (C=O) groups is 2. The van der Waals surface area contributed by atoms with E-state index in [4.69, 9.17) is 18.6 Å². The molecular formula is C26H34FNO8. The van der Waals surface area contributed by atoms with E-state index in [0.717, 1.165) is 0 Å². The number of aryl methyl sites for hydroxylation is 1. The standard InChI is InChI=1S/C26H34FNO8/c1-13-23(31)14(2)33-9-8-26(27)21(36-26)11-19(16-6-7-18-17(10-16)28-15(3)34-18)35-22(30)12-20(29)25(4,5)24(13)32/h6-7,10,13-14,19-21,23,29,31H,8-9,11-12H2,1-5H3/t13-,14+,19+,20+,21-,23+,26+/m1/s1. The van der Waals surface area contributed by atoms with Gasteiger partial charge in [-0.05, 0) is 24.6 Å². The molecular weight excluding hydrogens is 473 g/mol. The van der Waals surface area contributed by atoms with Crippen molar-refractivity contribution in [2.75, 3.05) is 6.61 Å². The number of epoxide rings is 1. The van der Waals surface area contributed by atoms with Crippen LogP contribution in [0.25, 0.3) is 11.1 Å². The van der Waals surface area contributed by atoms with Crippen LogP contribution in [0.3, 0.4) is 0 Å². The molecule has 2 fully saturated rings. The van der Waals surface area contributed by atoms with Gasteiger partial charge >= 0.3 is 5.97 Å². The molecule has 0 saturated carbocycles. The van der Waals surface area contributed by atoms with Crippen LogP contribution in [-0.4, -0.2) is 63.8 Å². The lowest BCUT2D eigenvalue weighted by Gasteiger charge is -2.34. The number of halogens is 1. The Morgan fingerprint density at radius 2 is 1.89 bits per heavy atom. The number of rotatable bonds is 1. The maximum atomic E-state index is 15.2. The third-order valence-corrected chi connectivity index (χ3v) is 7.41. The van der Waals surface area contributed by atoms with E-state index >= 15 is 4.39 Å². The average molecular weight is 508 g/mol. The molecule has 4 rings (SSSR count). The summed E-state index contributed by atoms with van der Waals surface area (Å²) < 4.78 is 37.4. The molecule has 0 radical (unpaired) electrons. The van der Waals surface area contributed by atoms with Crippen LogP contribution in [-0.2, 0) is 23.8 Å². The fourth-order valence-electron chi connectivity index (χ4n) is 4.77. The average Bonchev–Trinajstić information content (AvgIpc) is 3.28. The predicted molar refractivity (Wildman–Crippen MR) is 126 cm³/mol. The van der Waals surface area contributed by atoms with Gasteiger partial charge in [-0.1, -0.05) is 26.8 Å². The maximum absolute atomic E-state index is 15.2. The van der Waals surface area contributed by atoms with Crippen molar-refractivity contribution >= 4 is 22.9 Å². The zero-order valence-corrected chi connectivity index (χ0v) is 21.2. The lowest BCUT2D eigenvalue weighted by molar-refractivity contribution is -0.157. The first kappa shape index (κ1) is 26.7. The summed E-state index contributed by atoms with van der Waals surface area (Å²) in [4.78, 5) is 30.3. The first-order valence-electron chi connectivity index (χ1n) is 12.3. The van der Waals surface area contributed by atoms with Crippen LogP contribution < -0.4 is 0 Å². The minimum Gasteiger partial charge on any atom is -0.457 e. The predicted octanol–water partition coefficient (Wildman–Crippen LogP) is 3.33. The Kier molecular flexibility index (Phi) is 7.27. The molecule has 0 amide bonds. The molecule has 0 spiro atoms. The molecule has 2 aliphatic heterocycles. The Bertz CT molecular complexity index is 1130. The van der Waals surface area contributed by atoms with Gasteiger partial charge in [0.1, 0.15) is 23.5 Å². The smallest absolute Gasteiger partial charge is 0.309 e. The number of esters is 1. The molecule has 2 aromatic rings. The molecule has 0 bridgehead atoms. The molecule has 36 heavy (non-hydrogen) atoms. The van der Waals surface area contributed by atoms with Crippen LogP contribution in [0.2, 0.25) is 0 Å². The van der Waals surface area contributed by atoms with Crippen LogP contribution in [0.4, 0.5) is 4.39 Å². The number of aliphatic hydroxyl groups excluding tert-OH is 2. The minimum absolute atomic E-state index is 0.0349. The molecule has 10 heteroatoms. The largest absolute Gasteiger partial charge is 0.457 e. The number of hydrogen-bond acceptors (Lipinski definition) is 9. The van der Waals surface area contributed by atoms with E-state index in [9.17, 15) is 19.8 Å². The van der Waals surface area contributed by atoms with Gasteiger partial charge in [-0.2, -0.15) is 0 Å². The van der Waals surface area contributed by atoms with E-state index in [-0.39, 0.29) is 19.4 Å². The zero-order chi connectivity index (χ0) is 26.4. The number of nitrogens with zero attached hydrogens (tertiary/aromatic N) is 1. The Labute approximate surface area is 208 Å². The van der Waals surface area contributed by atoms with Gasteiger partial charge in [-0.15, -0.1) is 0 Å². The molecule has 0 aliphatic carbocycles. The second kappa shape index (κ2) is 9.81. The Balaban J connectivity index is 1.61. The minimum atomic E-state index is -1.95. The van der Waals surface area contributed by atoms with Crippen molar-refractivity contribution in [3.8, 4) is 0 Å². The number of aromatic nitrogens is 1. The van der Waals surface area contributed by atoms with Gasteiger partial charge in [0.15, 0.2) is 11.5 Å². The molecule has 0 unspecified atom stereocenters. The molecule has 2 N–H and O–H groups in total. The summed E-state index contributed by atoms with van der Waals surface area (Å²) in [5.74, 6) is -3.53. The van der Waals surface area contributed by atoms with Gasteiger partial charge < -0.3 is 28.8 Å². The normalized spacial score (nSPS) is 36.3. The van der Waals surface area contributed by atoms with Crippen LogP contribution in [0, 0.1) is 18.3 Å². The van der Waals surface area contributed by atoms with Gasteiger partial charge in [0.25, 0.3) is 0 Å². The monoisotopic (exact) mass is 507 g/mol. The number of cyclic esters (lactones) is 1. The van der Waals surface area contributed by atoms with Gasteiger partial charge in [-0.25, -0.2) is 9.37 Å². The number of benzene rings is 1. The van der Waals surface area contributed by atoms with Crippen LogP contribution in [0.15, 0.2) is 22.6 Å². The van der Waals surface area contributed by atoms with Gasteiger partial charge in [-0.3, -0.25) is 9.59 Å². The van der Waals surface area contributed by atoms with Gasteiger partial charge in [0, 0.05) is 25.7 Å². The number of Topliss-reactive ketones (excluding diaryl/α,β-unsaturated/α-hetero) is 1. The number of hydrogen-bond donors (Lipinski definition) is 2. The molecule has 3 heterocycles. The summed E-state index contributed by atoms with van der Waals surface area (Å²) in [5, 5.41) is 21.4. The lowest BCUT2D eigenvalue weighted by Crippen LogP contribution is -2.47. The summed E-state index contributed by atoms with van der Waals surface area (Å²) in [7, 11) is 0. The number of ketones is 1. The summed E-state index contributed by atoms with van der Waals surface area (Å²) in [6, 6.07) is 5.12. The van der Waals surface area contributed by atoms with Crippen LogP contribution in [0.5, 0.6) is 0 Å². The van der Waals surface area contributed by atoms with E-state index in [0.29, 0.717) is 22.6 Å². The van der Waals surface area contributed by atoms with Crippen molar-refractivity contribution in [2.24, 2.45) is 11.3 Å². The number of alkyl halides is 1. The Morgan fingerprint density at radius 3 is 2.61 bits per heavy atom. The number of carbonyl (C=O) groups excluding carboxylic acids is 2. The van der Waals surface area contributed by atoms with E-state index in [1.807, 2.05) is 0 Å². The summed E-state index contributed by atoms with van der Waals surface area (Å²) in [6.07, 6.45) is -5.49. The highest BCUT2D eigenvalue weighted by Gasteiger charge is 2.58. The van der Waals surface area contributed by atoms with E-state index in [1.165, 1.54) is 20.8 Å². The molecule has 2 aliphatic rings. The maximum Gasteiger partial charge on any atom is 0.309 e. The van der Waals surface area contributed by atoms with E-state index in [2.05, 4.69) is 4.98 Å². The molecule has 2 saturated heterocycles. The third-order valence-electron chi connectivity index (χ3n) is 7.41. The van der Waals surface area contributed by atoms with E-state index in [1.54, 1.807) is 32.0 Å².